The van der Waals surface area contributed by atoms with Gasteiger partial charge < -0.3 is 5.11 Å². The van der Waals surface area contributed by atoms with E-state index in [0.717, 1.165) is 16.7 Å². The molecular formula is C21H22N2O3S. The summed E-state index contributed by atoms with van der Waals surface area (Å²) in [5.41, 5.74) is 1.88. The SMILES string of the molecule is Cc1ccc(S(=O)(=O)N2CC(c3cccc(C#N)c3)=CCC(C)(O)C2)cc1. The van der Waals surface area contributed by atoms with Crippen LogP contribution >= 0.6 is 0 Å². The Kier molecular flexibility index (Phi) is 5.20. The zero-order valence-corrected chi connectivity index (χ0v) is 16.2. The summed E-state index contributed by atoms with van der Waals surface area (Å²) in [4.78, 5) is 0.205. The summed E-state index contributed by atoms with van der Waals surface area (Å²) in [7, 11) is -3.76. The average Bonchev–Trinajstić information content (AvgIpc) is 2.81. The molecular weight excluding hydrogens is 360 g/mol. The molecule has 1 heterocycles. The van der Waals surface area contributed by atoms with Crippen LogP contribution in [0.2, 0.25) is 0 Å². The Morgan fingerprint density at radius 3 is 2.56 bits per heavy atom. The van der Waals surface area contributed by atoms with Gasteiger partial charge in [0.2, 0.25) is 10.0 Å². The Hall–Kier alpha value is -2.46. The largest absolute Gasteiger partial charge is 0.388 e. The molecule has 0 amide bonds. The number of nitriles is 1. The fourth-order valence-electron chi connectivity index (χ4n) is 3.12. The summed E-state index contributed by atoms with van der Waals surface area (Å²) in [5, 5.41) is 19.8. The maximum atomic E-state index is 13.2. The Balaban J connectivity index is 2.01. The average molecular weight is 382 g/mol. The highest BCUT2D eigenvalue weighted by Crippen LogP contribution is 2.29. The molecule has 1 aliphatic rings. The molecule has 1 unspecified atom stereocenters. The van der Waals surface area contributed by atoms with Crippen molar-refractivity contribution in [3.8, 4) is 6.07 Å². The highest BCUT2D eigenvalue weighted by atomic mass is 32.2. The predicted octanol–water partition coefficient (Wildman–Crippen LogP) is 3.10. The van der Waals surface area contributed by atoms with Gasteiger partial charge in [-0.1, -0.05) is 35.9 Å². The van der Waals surface area contributed by atoms with Crippen LogP contribution in [0.5, 0.6) is 0 Å². The van der Waals surface area contributed by atoms with Gasteiger partial charge in [-0.2, -0.15) is 9.57 Å². The highest BCUT2D eigenvalue weighted by molar-refractivity contribution is 7.89. The third-order valence-corrected chi connectivity index (χ3v) is 6.48. The monoisotopic (exact) mass is 382 g/mol. The third kappa shape index (κ3) is 4.28. The minimum atomic E-state index is -3.76. The maximum absolute atomic E-state index is 13.2. The van der Waals surface area contributed by atoms with E-state index in [9.17, 15) is 13.5 Å². The fourth-order valence-corrected chi connectivity index (χ4v) is 4.66. The number of aryl methyl sites for hydroxylation is 1. The highest BCUT2D eigenvalue weighted by Gasteiger charge is 2.34. The van der Waals surface area contributed by atoms with Gasteiger partial charge in [-0.3, -0.25) is 0 Å². The van der Waals surface area contributed by atoms with Crippen molar-refractivity contribution < 1.29 is 13.5 Å². The maximum Gasteiger partial charge on any atom is 0.243 e. The van der Waals surface area contributed by atoms with Crippen LogP contribution in [0.15, 0.2) is 59.5 Å². The van der Waals surface area contributed by atoms with Gasteiger partial charge in [0.25, 0.3) is 0 Å². The van der Waals surface area contributed by atoms with Crippen LogP contribution in [0.1, 0.15) is 30.0 Å². The van der Waals surface area contributed by atoms with Crippen LogP contribution in [0.25, 0.3) is 5.57 Å². The molecule has 2 aromatic carbocycles. The lowest BCUT2D eigenvalue weighted by molar-refractivity contribution is 0.0483. The molecule has 0 saturated heterocycles. The molecule has 0 aliphatic carbocycles. The zero-order chi connectivity index (χ0) is 19.7. The van der Waals surface area contributed by atoms with Crippen molar-refractivity contribution in [2.24, 2.45) is 0 Å². The molecule has 140 valence electrons. The lowest BCUT2D eigenvalue weighted by atomic mass is 9.99. The summed E-state index contributed by atoms with van der Waals surface area (Å²) < 4.78 is 27.7. The van der Waals surface area contributed by atoms with E-state index < -0.39 is 15.6 Å². The van der Waals surface area contributed by atoms with Crippen LogP contribution < -0.4 is 0 Å². The van der Waals surface area contributed by atoms with E-state index >= 15 is 0 Å². The Bertz CT molecular complexity index is 1020. The summed E-state index contributed by atoms with van der Waals surface area (Å²) in [6, 6.07) is 15.9. The first-order chi connectivity index (χ1) is 12.7. The van der Waals surface area contributed by atoms with Crippen molar-refractivity contribution in [2.75, 3.05) is 13.1 Å². The van der Waals surface area contributed by atoms with Crippen molar-refractivity contribution in [3.05, 3.63) is 71.3 Å². The van der Waals surface area contributed by atoms with E-state index in [1.54, 1.807) is 49.4 Å². The standard InChI is InChI=1S/C21H22N2O3S/c1-16-6-8-20(9-7-16)27(25,26)23-14-19(10-11-21(2,24)15-23)18-5-3-4-17(12-18)13-22/h3-10,12,24H,11,14-15H2,1-2H3. The number of nitrogens with zero attached hydrogens (tertiary/aromatic N) is 2. The second-order valence-corrected chi connectivity index (χ2v) is 9.15. The molecule has 1 N–H and O–H groups in total. The van der Waals surface area contributed by atoms with Crippen LogP contribution in [-0.4, -0.2) is 36.5 Å². The molecule has 0 bridgehead atoms. The van der Waals surface area contributed by atoms with E-state index in [2.05, 4.69) is 6.07 Å². The van der Waals surface area contributed by atoms with Gasteiger partial charge in [-0.15, -0.1) is 0 Å². The molecule has 2 aromatic rings. The lowest BCUT2D eigenvalue weighted by Crippen LogP contribution is -2.42. The van der Waals surface area contributed by atoms with Gasteiger partial charge in [0.05, 0.1) is 22.1 Å². The quantitative estimate of drug-likeness (QED) is 0.884. The Labute approximate surface area is 160 Å². The van der Waals surface area contributed by atoms with Gasteiger partial charge in [0.1, 0.15) is 0 Å². The molecule has 1 aliphatic heterocycles. The molecule has 0 saturated carbocycles. The number of rotatable bonds is 3. The minimum absolute atomic E-state index is 0.00114. The number of aliphatic hydroxyl groups is 1. The second-order valence-electron chi connectivity index (χ2n) is 7.21. The first-order valence-corrected chi connectivity index (χ1v) is 10.1. The Morgan fingerprint density at radius 1 is 1.19 bits per heavy atom. The minimum Gasteiger partial charge on any atom is -0.388 e. The fraction of sp³-hybridized carbons (Fsp3) is 0.286. The summed E-state index contributed by atoms with van der Waals surface area (Å²) in [5.74, 6) is 0. The van der Waals surface area contributed by atoms with Crippen molar-refractivity contribution in [3.63, 3.8) is 0 Å². The van der Waals surface area contributed by atoms with E-state index in [-0.39, 0.29) is 18.0 Å². The van der Waals surface area contributed by atoms with E-state index in [0.29, 0.717) is 12.0 Å². The van der Waals surface area contributed by atoms with Crippen LogP contribution in [0.3, 0.4) is 0 Å². The topological polar surface area (TPSA) is 81.4 Å². The molecule has 0 aromatic heterocycles. The molecule has 1 atom stereocenters. The van der Waals surface area contributed by atoms with Gasteiger partial charge in [-0.05, 0) is 55.7 Å². The lowest BCUT2D eigenvalue weighted by Gasteiger charge is -2.28. The van der Waals surface area contributed by atoms with Gasteiger partial charge >= 0.3 is 0 Å². The number of hydrogen-bond acceptors (Lipinski definition) is 4. The van der Waals surface area contributed by atoms with Crippen molar-refractivity contribution >= 4 is 15.6 Å². The molecule has 6 heteroatoms. The predicted molar refractivity (Wildman–Crippen MR) is 104 cm³/mol. The zero-order valence-electron chi connectivity index (χ0n) is 15.4. The molecule has 0 radical (unpaired) electrons. The van der Waals surface area contributed by atoms with Gasteiger partial charge in [-0.25, -0.2) is 8.42 Å². The number of β-amino-alcohol motifs (C(OH)–C–C–N with tert-alkyl or cyclic N) is 1. The summed E-state index contributed by atoms with van der Waals surface area (Å²) in [6.45, 7) is 3.67. The van der Waals surface area contributed by atoms with Crippen LogP contribution in [0, 0.1) is 18.3 Å². The Morgan fingerprint density at radius 2 is 1.89 bits per heavy atom. The molecule has 3 rings (SSSR count). The first-order valence-electron chi connectivity index (χ1n) is 8.70. The van der Waals surface area contributed by atoms with E-state index in [1.807, 2.05) is 19.1 Å². The van der Waals surface area contributed by atoms with Crippen LogP contribution in [-0.2, 0) is 10.0 Å². The van der Waals surface area contributed by atoms with Crippen molar-refractivity contribution in [2.45, 2.75) is 30.8 Å². The molecule has 5 nitrogen and oxygen atoms in total. The van der Waals surface area contributed by atoms with Crippen molar-refractivity contribution in [1.82, 2.24) is 4.31 Å². The summed E-state index contributed by atoms with van der Waals surface area (Å²) >= 11 is 0. The molecule has 0 spiro atoms. The third-order valence-electron chi connectivity index (χ3n) is 4.67. The normalized spacial score (nSPS) is 21.2. The van der Waals surface area contributed by atoms with E-state index in [1.165, 1.54) is 4.31 Å². The van der Waals surface area contributed by atoms with Crippen LogP contribution in [0.4, 0.5) is 0 Å². The van der Waals surface area contributed by atoms with Gasteiger partial charge in [0, 0.05) is 13.1 Å². The molecule has 27 heavy (non-hydrogen) atoms. The van der Waals surface area contributed by atoms with Gasteiger partial charge in [0.15, 0.2) is 0 Å². The second kappa shape index (κ2) is 7.28. The number of hydrogen-bond donors (Lipinski definition) is 1. The number of sulfonamides is 1. The van der Waals surface area contributed by atoms with Crippen molar-refractivity contribution in [1.29, 1.82) is 5.26 Å². The smallest absolute Gasteiger partial charge is 0.243 e. The molecule has 0 fully saturated rings. The number of benzene rings is 2. The first kappa shape index (κ1) is 19.3. The van der Waals surface area contributed by atoms with E-state index in [4.69, 9.17) is 5.26 Å². The summed E-state index contributed by atoms with van der Waals surface area (Å²) in [6.07, 6.45) is 2.19.